The topological polar surface area (TPSA) is 51.7 Å². The van der Waals surface area contributed by atoms with E-state index in [2.05, 4.69) is 12.1 Å². The summed E-state index contributed by atoms with van der Waals surface area (Å²) in [6.07, 6.45) is 3.46. The molecular weight excluding hydrogens is 384 g/mol. The first-order valence-electron chi connectivity index (χ1n) is 10.2. The highest BCUT2D eigenvalue weighted by Gasteiger charge is 2.20. The molecule has 0 bridgehead atoms. The fourth-order valence-electron chi connectivity index (χ4n) is 3.47. The number of benzene rings is 2. The van der Waals surface area contributed by atoms with Gasteiger partial charge >= 0.3 is 0 Å². The Morgan fingerprint density at radius 2 is 2.00 bits per heavy atom. The number of thiazole rings is 1. The summed E-state index contributed by atoms with van der Waals surface area (Å²) < 4.78 is 12.4. The van der Waals surface area contributed by atoms with Gasteiger partial charge in [-0.05, 0) is 37.0 Å². The van der Waals surface area contributed by atoms with Gasteiger partial charge in [-0.25, -0.2) is 4.98 Å². The minimum atomic E-state index is 0.0485. The van der Waals surface area contributed by atoms with E-state index < -0.39 is 0 Å². The zero-order chi connectivity index (χ0) is 19.9. The zero-order valence-corrected chi connectivity index (χ0v) is 17.3. The lowest BCUT2D eigenvalue weighted by atomic mass is 10.1. The molecule has 1 aliphatic rings. The number of fused-ring (bicyclic) bond motifs is 1. The quantitative estimate of drug-likeness (QED) is 0.489. The fourth-order valence-corrected chi connectivity index (χ4v) is 4.48. The number of amides is 1. The number of nitrogens with zero attached hydrogens (tertiary/aromatic N) is 2. The standard InChI is InChI=1S/C23H26N2O3S/c26-22(13-16-27-17-19-9-6-15-28-19)25(14-12-18-7-2-1-3-8-18)23-24-20-10-4-5-11-21(20)29-23/h1-5,7-8,10-11,19H,6,9,12-17H2. The van der Waals surface area contributed by atoms with Crippen molar-refractivity contribution in [1.29, 1.82) is 0 Å². The van der Waals surface area contributed by atoms with Crippen molar-refractivity contribution in [2.75, 3.05) is 31.3 Å². The smallest absolute Gasteiger partial charge is 0.231 e. The summed E-state index contributed by atoms with van der Waals surface area (Å²) >= 11 is 1.56. The Bertz CT molecular complexity index is 889. The molecule has 2 aromatic carbocycles. The van der Waals surface area contributed by atoms with Crippen LogP contribution in [0.4, 0.5) is 5.13 Å². The average Bonchev–Trinajstić information content (AvgIpc) is 3.42. The third kappa shape index (κ3) is 5.41. The highest BCUT2D eigenvalue weighted by atomic mass is 32.1. The van der Waals surface area contributed by atoms with Crippen LogP contribution in [0.25, 0.3) is 10.2 Å². The molecule has 1 aromatic heterocycles. The van der Waals surface area contributed by atoms with Crippen LogP contribution in [0.5, 0.6) is 0 Å². The van der Waals surface area contributed by atoms with E-state index in [-0.39, 0.29) is 12.0 Å². The Labute approximate surface area is 175 Å². The van der Waals surface area contributed by atoms with Crippen LogP contribution < -0.4 is 4.90 Å². The minimum absolute atomic E-state index is 0.0485. The number of ether oxygens (including phenoxy) is 2. The average molecular weight is 411 g/mol. The first kappa shape index (κ1) is 20.0. The minimum Gasteiger partial charge on any atom is -0.378 e. The van der Waals surface area contributed by atoms with E-state index in [9.17, 15) is 4.79 Å². The summed E-state index contributed by atoms with van der Waals surface area (Å²) in [5.74, 6) is 0.0485. The maximum Gasteiger partial charge on any atom is 0.231 e. The lowest BCUT2D eigenvalue weighted by Gasteiger charge is -2.20. The number of carbonyl (C=O) groups is 1. The second-order valence-electron chi connectivity index (χ2n) is 7.21. The van der Waals surface area contributed by atoms with Gasteiger partial charge in [0.15, 0.2) is 5.13 Å². The lowest BCUT2D eigenvalue weighted by Crippen LogP contribution is -2.33. The first-order chi connectivity index (χ1) is 14.3. The summed E-state index contributed by atoms with van der Waals surface area (Å²) in [5, 5.41) is 0.756. The number of aromatic nitrogens is 1. The van der Waals surface area contributed by atoms with Crippen LogP contribution >= 0.6 is 11.3 Å². The van der Waals surface area contributed by atoms with E-state index in [0.29, 0.717) is 26.2 Å². The number of para-hydroxylation sites is 1. The molecule has 0 N–H and O–H groups in total. The molecule has 0 spiro atoms. The van der Waals surface area contributed by atoms with Gasteiger partial charge in [0.1, 0.15) is 0 Å². The molecule has 1 saturated heterocycles. The molecular formula is C23H26N2O3S. The molecule has 0 radical (unpaired) electrons. The SMILES string of the molecule is O=C(CCOCC1CCCO1)N(CCc1ccccc1)c1nc2ccccc2s1. The van der Waals surface area contributed by atoms with Crippen molar-refractivity contribution in [3.63, 3.8) is 0 Å². The summed E-state index contributed by atoms with van der Waals surface area (Å²) in [5.41, 5.74) is 2.14. The predicted molar refractivity (Wildman–Crippen MR) is 117 cm³/mol. The molecule has 152 valence electrons. The predicted octanol–water partition coefficient (Wildman–Crippen LogP) is 4.46. The Kier molecular flexibility index (Phi) is 6.87. The third-order valence-electron chi connectivity index (χ3n) is 5.07. The number of rotatable bonds is 9. The van der Waals surface area contributed by atoms with Crippen LogP contribution in [0.3, 0.4) is 0 Å². The van der Waals surface area contributed by atoms with Crippen molar-refractivity contribution in [2.24, 2.45) is 0 Å². The third-order valence-corrected chi connectivity index (χ3v) is 6.13. The van der Waals surface area contributed by atoms with Crippen LogP contribution in [0.15, 0.2) is 54.6 Å². The molecule has 3 aromatic rings. The second kappa shape index (κ2) is 9.96. The number of hydrogen-bond donors (Lipinski definition) is 0. The monoisotopic (exact) mass is 410 g/mol. The van der Waals surface area contributed by atoms with E-state index in [1.165, 1.54) is 5.56 Å². The number of carbonyl (C=O) groups excluding carboxylic acids is 1. The van der Waals surface area contributed by atoms with E-state index in [1.54, 1.807) is 11.3 Å². The summed E-state index contributed by atoms with van der Waals surface area (Å²) in [4.78, 5) is 19.5. The van der Waals surface area contributed by atoms with E-state index in [0.717, 1.165) is 41.2 Å². The molecule has 1 atom stereocenters. The van der Waals surface area contributed by atoms with Gasteiger partial charge in [0.2, 0.25) is 5.91 Å². The van der Waals surface area contributed by atoms with Gasteiger partial charge in [-0.1, -0.05) is 53.8 Å². The van der Waals surface area contributed by atoms with E-state index in [4.69, 9.17) is 14.5 Å². The second-order valence-corrected chi connectivity index (χ2v) is 8.21. The fraction of sp³-hybridized carbons (Fsp3) is 0.391. The Hall–Kier alpha value is -2.28. The molecule has 1 amide bonds. The Morgan fingerprint density at radius 3 is 2.79 bits per heavy atom. The zero-order valence-electron chi connectivity index (χ0n) is 16.5. The summed E-state index contributed by atoms with van der Waals surface area (Å²) in [6, 6.07) is 18.2. The van der Waals surface area contributed by atoms with Gasteiger partial charge in [-0.3, -0.25) is 9.69 Å². The molecule has 0 saturated carbocycles. The van der Waals surface area contributed by atoms with Gasteiger partial charge < -0.3 is 9.47 Å². The maximum absolute atomic E-state index is 13.0. The van der Waals surface area contributed by atoms with Gasteiger partial charge in [0, 0.05) is 13.2 Å². The summed E-state index contributed by atoms with van der Waals surface area (Å²) in [6.45, 7) is 2.40. The first-order valence-corrected chi connectivity index (χ1v) is 11.0. The van der Waals surface area contributed by atoms with Gasteiger partial charge in [-0.2, -0.15) is 0 Å². The molecule has 1 fully saturated rings. The lowest BCUT2D eigenvalue weighted by molar-refractivity contribution is -0.120. The molecule has 2 heterocycles. The molecule has 1 aliphatic heterocycles. The largest absolute Gasteiger partial charge is 0.378 e. The van der Waals surface area contributed by atoms with Gasteiger partial charge in [-0.15, -0.1) is 0 Å². The molecule has 0 aliphatic carbocycles. The van der Waals surface area contributed by atoms with E-state index in [1.807, 2.05) is 47.4 Å². The van der Waals surface area contributed by atoms with E-state index >= 15 is 0 Å². The van der Waals surface area contributed by atoms with Crippen LogP contribution in [0, 0.1) is 0 Å². The maximum atomic E-state index is 13.0. The van der Waals surface area contributed by atoms with Crippen LogP contribution in [0.2, 0.25) is 0 Å². The highest BCUT2D eigenvalue weighted by Crippen LogP contribution is 2.29. The Morgan fingerprint density at radius 1 is 1.17 bits per heavy atom. The Balaban J connectivity index is 1.41. The summed E-state index contributed by atoms with van der Waals surface area (Å²) in [7, 11) is 0. The van der Waals surface area contributed by atoms with Crippen molar-refractivity contribution in [3.05, 3.63) is 60.2 Å². The van der Waals surface area contributed by atoms with Crippen molar-refractivity contribution in [3.8, 4) is 0 Å². The molecule has 6 heteroatoms. The molecule has 4 rings (SSSR count). The normalized spacial score (nSPS) is 16.3. The highest BCUT2D eigenvalue weighted by molar-refractivity contribution is 7.22. The van der Waals surface area contributed by atoms with Crippen molar-refractivity contribution < 1.29 is 14.3 Å². The van der Waals surface area contributed by atoms with Gasteiger partial charge in [0.25, 0.3) is 0 Å². The van der Waals surface area contributed by atoms with Crippen molar-refractivity contribution in [1.82, 2.24) is 4.98 Å². The van der Waals surface area contributed by atoms with Crippen LogP contribution in [-0.4, -0.2) is 43.4 Å². The van der Waals surface area contributed by atoms with Gasteiger partial charge in [0.05, 0.1) is 36.0 Å². The number of hydrogen-bond acceptors (Lipinski definition) is 5. The van der Waals surface area contributed by atoms with Crippen LogP contribution in [-0.2, 0) is 20.7 Å². The molecule has 5 nitrogen and oxygen atoms in total. The molecule has 1 unspecified atom stereocenters. The van der Waals surface area contributed by atoms with Crippen molar-refractivity contribution >= 4 is 32.6 Å². The molecule has 29 heavy (non-hydrogen) atoms. The van der Waals surface area contributed by atoms with Crippen LogP contribution in [0.1, 0.15) is 24.8 Å². The number of anilines is 1. The van der Waals surface area contributed by atoms with Crippen molar-refractivity contribution in [2.45, 2.75) is 31.8 Å².